The number of carboxylic acids is 1. The third-order valence-electron chi connectivity index (χ3n) is 5.85. The van der Waals surface area contributed by atoms with Crippen molar-refractivity contribution in [3.8, 4) is 0 Å². The second-order valence-corrected chi connectivity index (χ2v) is 11.0. The van der Waals surface area contributed by atoms with Crippen LogP contribution in [-0.2, 0) is 14.8 Å². The number of halogens is 1. The molecule has 0 fully saturated rings. The zero-order chi connectivity index (χ0) is 23.8. The monoisotopic (exact) mass is 525 g/mol. The summed E-state index contributed by atoms with van der Waals surface area (Å²) in [6.07, 6.45) is 1.91. The summed E-state index contributed by atoms with van der Waals surface area (Å²) in [6, 6.07) is 20.0. The van der Waals surface area contributed by atoms with Crippen LogP contribution < -0.4 is 0 Å². The molecule has 4 rings (SSSR count). The molecule has 5 nitrogen and oxygen atoms in total. The van der Waals surface area contributed by atoms with Crippen LogP contribution in [0.5, 0.6) is 0 Å². The van der Waals surface area contributed by atoms with E-state index in [1.807, 2.05) is 56.3 Å². The number of nitrogens with zero attached hydrogens (tertiary/aromatic N) is 1. The van der Waals surface area contributed by atoms with E-state index >= 15 is 0 Å². The maximum Gasteiger partial charge on any atom is 0.333 e. The van der Waals surface area contributed by atoms with Crippen molar-refractivity contribution in [1.82, 2.24) is 4.31 Å². The van der Waals surface area contributed by atoms with Crippen LogP contribution in [0.1, 0.15) is 40.8 Å². The number of aliphatic carboxylic acids is 1. The van der Waals surface area contributed by atoms with Crippen LogP contribution in [0.15, 0.2) is 93.8 Å². The normalized spacial score (nSPS) is 19.2. The van der Waals surface area contributed by atoms with Crippen LogP contribution in [0.2, 0.25) is 0 Å². The van der Waals surface area contributed by atoms with Crippen molar-refractivity contribution in [3.63, 3.8) is 0 Å². The van der Waals surface area contributed by atoms with Crippen molar-refractivity contribution in [1.29, 1.82) is 0 Å². The quantitative estimate of drug-likeness (QED) is 0.446. The second-order valence-electron chi connectivity index (χ2n) is 8.24. The number of carbonyl (C=O) groups is 1. The van der Waals surface area contributed by atoms with E-state index in [2.05, 4.69) is 15.9 Å². The molecule has 0 bridgehead atoms. The molecule has 0 spiro atoms. The van der Waals surface area contributed by atoms with Gasteiger partial charge in [-0.25, -0.2) is 13.2 Å². The summed E-state index contributed by atoms with van der Waals surface area (Å²) < 4.78 is 30.4. The summed E-state index contributed by atoms with van der Waals surface area (Å²) in [5, 5.41) is 10.0. The van der Waals surface area contributed by atoms with Gasteiger partial charge in [-0.1, -0.05) is 81.7 Å². The number of benzene rings is 3. The topological polar surface area (TPSA) is 74.7 Å². The average molecular weight is 526 g/mol. The van der Waals surface area contributed by atoms with Gasteiger partial charge in [0.2, 0.25) is 10.0 Å². The fourth-order valence-corrected chi connectivity index (χ4v) is 6.47. The first-order valence-corrected chi connectivity index (χ1v) is 12.8. The molecule has 33 heavy (non-hydrogen) atoms. The molecule has 2 atom stereocenters. The predicted octanol–water partition coefficient (Wildman–Crippen LogP) is 5.95. The van der Waals surface area contributed by atoms with Gasteiger partial charge in [0, 0.05) is 4.47 Å². The Morgan fingerprint density at radius 1 is 0.939 bits per heavy atom. The molecule has 170 valence electrons. The fraction of sp³-hybridized carbons (Fsp3) is 0.192. The van der Waals surface area contributed by atoms with E-state index in [0.717, 1.165) is 21.2 Å². The van der Waals surface area contributed by atoms with Crippen molar-refractivity contribution >= 4 is 31.9 Å². The van der Waals surface area contributed by atoms with Gasteiger partial charge in [0.25, 0.3) is 0 Å². The third-order valence-corrected chi connectivity index (χ3v) is 8.23. The summed E-state index contributed by atoms with van der Waals surface area (Å²) >= 11 is 3.48. The standard InChI is InChI=1S/C26H24BrNO4S/c1-17-9-11-22(12-10-17)33(31,32)28-24(19-6-4-8-21(27)16-19)14-13-23(26(29)30)25(28)20-7-3-5-18(2)15-20/h3-13,15-16,24-25H,14H2,1-2H3,(H,29,30)/t24?,25-/m0/s1. The highest BCUT2D eigenvalue weighted by Gasteiger charge is 2.44. The van der Waals surface area contributed by atoms with Gasteiger partial charge in [0.15, 0.2) is 0 Å². The van der Waals surface area contributed by atoms with Crippen LogP contribution in [0.3, 0.4) is 0 Å². The first-order valence-electron chi connectivity index (χ1n) is 10.5. The smallest absolute Gasteiger partial charge is 0.333 e. The Bertz CT molecular complexity index is 1330. The molecular formula is C26H24BrNO4S. The second kappa shape index (κ2) is 9.25. The Balaban J connectivity index is 1.98. The van der Waals surface area contributed by atoms with Gasteiger partial charge in [-0.2, -0.15) is 4.31 Å². The van der Waals surface area contributed by atoms with Gasteiger partial charge in [0.1, 0.15) is 0 Å². The Morgan fingerprint density at radius 3 is 2.24 bits per heavy atom. The molecule has 1 aliphatic heterocycles. The molecule has 1 aliphatic rings. The number of hydrogen-bond acceptors (Lipinski definition) is 3. The molecule has 0 aliphatic carbocycles. The van der Waals surface area contributed by atoms with E-state index < -0.39 is 28.1 Å². The van der Waals surface area contributed by atoms with Crippen molar-refractivity contribution in [2.24, 2.45) is 0 Å². The van der Waals surface area contributed by atoms with Gasteiger partial charge in [-0.05, 0) is 55.7 Å². The van der Waals surface area contributed by atoms with Crippen LogP contribution in [0.25, 0.3) is 0 Å². The lowest BCUT2D eigenvalue weighted by Gasteiger charge is -2.40. The van der Waals surface area contributed by atoms with Crippen molar-refractivity contribution in [2.75, 3.05) is 0 Å². The molecule has 0 saturated carbocycles. The number of aryl methyl sites for hydroxylation is 2. The van der Waals surface area contributed by atoms with Crippen molar-refractivity contribution < 1.29 is 18.3 Å². The largest absolute Gasteiger partial charge is 0.478 e. The molecule has 1 unspecified atom stereocenters. The number of rotatable bonds is 5. The zero-order valence-corrected chi connectivity index (χ0v) is 20.7. The number of sulfonamides is 1. The summed E-state index contributed by atoms with van der Waals surface area (Å²) in [5.74, 6) is -1.13. The zero-order valence-electron chi connectivity index (χ0n) is 18.3. The van der Waals surface area contributed by atoms with E-state index in [1.165, 1.54) is 4.31 Å². The lowest BCUT2D eigenvalue weighted by atomic mass is 9.89. The average Bonchev–Trinajstić information content (AvgIpc) is 2.78. The first-order chi connectivity index (χ1) is 15.7. The molecular weight excluding hydrogens is 502 g/mol. The molecule has 0 amide bonds. The van der Waals surface area contributed by atoms with E-state index in [0.29, 0.717) is 5.56 Å². The van der Waals surface area contributed by atoms with E-state index in [-0.39, 0.29) is 16.9 Å². The van der Waals surface area contributed by atoms with Gasteiger partial charge < -0.3 is 5.11 Å². The highest BCUT2D eigenvalue weighted by molar-refractivity contribution is 9.10. The molecule has 0 aromatic heterocycles. The Kier molecular flexibility index (Phi) is 6.56. The molecule has 1 heterocycles. The van der Waals surface area contributed by atoms with Crippen LogP contribution >= 0.6 is 15.9 Å². The van der Waals surface area contributed by atoms with Crippen LogP contribution in [-0.4, -0.2) is 23.8 Å². The van der Waals surface area contributed by atoms with E-state index in [1.54, 1.807) is 36.4 Å². The lowest BCUT2D eigenvalue weighted by molar-refractivity contribution is -0.133. The Hall–Kier alpha value is -2.74. The molecule has 1 N–H and O–H groups in total. The van der Waals surface area contributed by atoms with Crippen molar-refractivity contribution in [3.05, 3.63) is 111 Å². The minimum Gasteiger partial charge on any atom is -0.478 e. The number of carboxylic acid groups (broad SMARTS) is 1. The van der Waals surface area contributed by atoms with Crippen molar-refractivity contribution in [2.45, 2.75) is 37.2 Å². The molecule has 0 saturated heterocycles. The van der Waals surface area contributed by atoms with Gasteiger partial charge >= 0.3 is 5.97 Å². The van der Waals surface area contributed by atoms with Gasteiger partial charge in [0.05, 0.1) is 22.6 Å². The number of hydrogen-bond donors (Lipinski definition) is 1. The molecule has 0 radical (unpaired) electrons. The first kappa shape index (κ1) is 23.4. The fourth-order valence-electron chi connectivity index (χ4n) is 4.28. The summed E-state index contributed by atoms with van der Waals surface area (Å²) in [6.45, 7) is 3.80. The minimum atomic E-state index is -4.05. The highest BCUT2D eigenvalue weighted by atomic mass is 79.9. The Labute approximate surface area is 202 Å². The van der Waals surface area contributed by atoms with Crippen LogP contribution in [0.4, 0.5) is 0 Å². The van der Waals surface area contributed by atoms with E-state index in [4.69, 9.17) is 0 Å². The van der Waals surface area contributed by atoms with Gasteiger partial charge in [-0.15, -0.1) is 0 Å². The lowest BCUT2D eigenvalue weighted by Crippen LogP contribution is -2.42. The van der Waals surface area contributed by atoms with E-state index in [9.17, 15) is 18.3 Å². The maximum atomic E-state index is 14.1. The predicted molar refractivity (Wildman–Crippen MR) is 131 cm³/mol. The van der Waals surface area contributed by atoms with Crippen LogP contribution in [0, 0.1) is 13.8 Å². The molecule has 7 heteroatoms. The maximum absolute atomic E-state index is 14.1. The molecule has 3 aromatic rings. The molecule has 3 aromatic carbocycles. The minimum absolute atomic E-state index is 0.0579. The summed E-state index contributed by atoms with van der Waals surface area (Å²) in [7, 11) is -4.05. The summed E-state index contributed by atoms with van der Waals surface area (Å²) in [5.41, 5.74) is 3.34. The van der Waals surface area contributed by atoms with Gasteiger partial charge in [-0.3, -0.25) is 0 Å². The third kappa shape index (κ3) is 4.67. The highest BCUT2D eigenvalue weighted by Crippen LogP contribution is 2.46. The SMILES string of the molecule is Cc1ccc(S(=O)(=O)N2C(c3cccc(Br)c3)CC=C(C(=O)O)[C@@H]2c2cccc(C)c2)cc1. The Morgan fingerprint density at radius 2 is 1.61 bits per heavy atom. The summed E-state index contributed by atoms with van der Waals surface area (Å²) in [4.78, 5) is 12.4.